The Balaban J connectivity index is 1.80. The minimum absolute atomic E-state index is 0.0605. The van der Waals surface area contributed by atoms with E-state index in [1.54, 1.807) is 0 Å². The third kappa shape index (κ3) is 4.01. The normalized spacial score (nSPS) is 13.0. The molecule has 3 rings (SSSR count). The molecule has 0 N–H and O–H groups in total. The van der Waals surface area contributed by atoms with E-state index in [2.05, 4.69) is 32.1 Å². The molecule has 0 aliphatic carbocycles. The van der Waals surface area contributed by atoms with Gasteiger partial charge in [-0.05, 0) is 55.0 Å². The lowest BCUT2D eigenvalue weighted by Crippen LogP contribution is -2.03. The fraction of sp³-hybridized carbons (Fsp3) is 0.348. The molecule has 1 atom stereocenters. The van der Waals surface area contributed by atoms with Crippen molar-refractivity contribution in [1.29, 1.82) is 0 Å². The van der Waals surface area contributed by atoms with E-state index in [0.717, 1.165) is 12.8 Å². The molecule has 0 spiro atoms. The Kier molecular flexibility index (Phi) is 5.70. The van der Waals surface area contributed by atoms with Crippen LogP contribution in [-0.2, 0) is 0 Å². The van der Waals surface area contributed by atoms with Gasteiger partial charge in [-0.15, -0.1) is 0 Å². The van der Waals surface area contributed by atoms with E-state index >= 15 is 0 Å². The van der Waals surface area contributed by atoms with Crippen molar-refractivity contribution in [3.8, 4) is 0 Å². The lowest BCUT2D eigenvalue weighted by atomic mass is 9.94. The molecule has 2 heteroatoms. The zero-order valence-electron chi connectivity index (χ0n) is 15.1. The predicted octanol–water partition coefficient (Wildman–Crippen LogP) is 6.58. The van der Waals surface area contributed by atoms with Gasteiger partial charge in [-0.3, -0.25) is 4.79 Å². The number of rotatable bonds is 7. The highest BCUT2D eigenvalue weighted by atomic mass is 16.3. The predicted molar refractivity (Wildman–Crippen MR) is 106 cm³/mol. The van der Waals surface area contributed by atoms with Crippen LogP contribution in [0.15, 0.2) is 63.8 Å². The van der Waals surface area contributed by atoms with Gasteiger partial charge in [0.1, 0.15) is 11.2 Å². The van der Waals surface area contributed by atoms with Gasteiger partial charge in [-0.2, -0.15) is 0 Å². The molecule has 0 amide bonds. The number of para-hydroxylation sites is 1. The summed E-state index contributed by atoms with van der Waals surface area (Å²) in [6, 6.07) is 13.5. The minimum atomic E-state index is 0.0605. The average molecular weight is 334 g/mol. The Labute approximate surface area is 149 Å². The van der Waals surface area contributed by atoms with Gasteiger partial charge in [0.2, 0.25) is 5.43 Å². The fourth-order valence-corrected chi connectivity index (χ4v) is 3.20. The van der Waals surface area contributed by atoms with E-state index in [1.807, 2.05) is 36.4 Å². The monoisotopic (exact) mass is 334 g/mol. The standard InChI is InChI=1S/C23H26O2/c1-3-4-5-6-7-8-11-17(2)18-14-15-22-20(16-18)23(24)19-12-9-10-13-21(19)25-22/h6-7,9-10,12-17H,3-5,8,11H2,1-2H3. The van der Waals surface area contributed by atoms with Crippen molar-refractivity contribution in [1.82, 2.24) is 0 Å². The smallest absolute Gasteiger partial charge is 0.200 e. The number of allylic oxidation sites excluding steroid dienone is 2. The van der Waals surface area contributed by atoms with E-state index in [4.69, 9.17) is 4.42 Å². The first-order chi connectivity index (χ1) is 12.2. The topological polar surface area (TPSA) is 30.2 Å². The summed E-state index contributed by atoms with van der Waals surface area (Å²) in [6.45, 7) is 4.44. The van der Waals surface area contributed by atoms with Crippen LogP contribution in [0.2, 0.25) is 0 Å². The Bertz CT molecular complexity index is 934. The van der Waals surface area contributed by atoms with Gasteiger partial charge >= 0.3 is 0 Å². The fourth-order valence-electron chi connectivity index (χ4n) is 3.20. The van der Waals surface area contributed by atoms with Crippen LogP contribution < -0.4 is 5.43 Å². The van der Waals surface area contributed by atoms with E-state index in [-0.39, 0.29) is 5.43 Å². The number of hydrogen-bond acceptors (Lipinski definition) is 2. The Morgan fingerprint density at radius 2 is 1.76 bits per heavy atom. The summed E-state index contributed by atoms with van der Waals surface area (Å²) in [5.74, 6) is 0.422. The first-order valence-corrected chi connectivity index (χ1v) is 9.31. The highest BCUT2D eigenvalue weighted by Gasteiger charge is 2.11. The third-order valence-electron chi connectivity index (χ3n) is 4.83. The number of benzene rings is 2. The van der Waals surface area contributed by atoms with Crippen molar-refractivity contribution >= 4 is 21.9 Å². The summed E-state index contributed by atoms with van der Waals surface area (Å²) in [4.78, 5) is 12.8. The van der Waals surface area contributed by atoms with Crippen LogP contribution in [0.4, 0.5) is 0 Å². The average Bonchev–Trinajstić information content (AvgIpc) is 2.64. The molecule has 1 heterocycles. The summed E-state index contributed by atoms with van der Waals surface area (Å²) in [5, 5.41) is 1.33. The molecule has 0 aliphatic rings. The quantitative estimate of drug-likeness (QED) is 0.278. The molecule has 0 bridgehead atoms. The molecule has 0 aliphatic heterocycles. The largest absolute Gasteiger partial charge is 0.456 e. The van der Waals surface area contributed by atoms with Gasteiger partial charge in [0.05, 0.1) is 10.8 Å². The van der Waals surface area contributed by atoms with Crippen molar-refractivity contribution in [2.24, 2.45) is 0 Å². The van der Waals surface area contributed by atoms with Gasteiger partial charge in [-0.1, -0.05) is 57.0 Å². The maximum absolute atomic E-state index is 12.8. The van der Waals surface area contributed by atoms with Crippen molar-refractivity contribution in [3.05, 3.63) is 70.4 Å². The molecule has 2 nitrogen and oxygen atoms in total. The molecule has 1 unspecified atom stereocenters. The Morgan fingerprint density at radius 1 is 1.00 bits per heavy atom. The molecular formula is C23H26O2. The Hall–Kier alpha value is -2.35. The summed E-state index contributed by atoms with van der Waals surface area (Å²) >= 11 is 0. The maximum atomic E-state index is 12.8. The van der Waals surface area contributed by atoms with E-state index < -0.39 is 0 Å². The minimum Gasteiger partial charge on any atom is -0.456 e. The number of hydrogen-bond donors (Lipinski definition) is 0. The molecule has 0 saturated carbocycles. The van der Waals surface area contributed by atoms with Crippen molar-refractivity contribution in [2.75, 3.05) is 0 Å². The molecule has 0 fully saturated rings. The van der Waals surface area contributed by atoms with E-state index in [0.29, 0.717) is 27.9 Å². The zero-order valence-corrected chi connectivity index (χ0v) is 15.1. The van der Waals surface area contributed by atoms with Gasteiger partial charge in [0, 0.05) is 0 Å². The lowest BCUT2D eigenvalue weighted by Gasteiger charge is -2.11. The number of unbranched alkanes of at least 4 members (excludes halogenated alkanes) is 2. The molecule has 0 saturated heterocycles. The third-order valence-corrected chi connectivity index (χ3v) is 4.83. The molecule has 0 radical (unpaired) electrons. The SMILES string of the molecule is CCCCC=CCCC(C)c1ccc2oc3ccccc3c(=O)c2c1. The molecule has 3 aromatic rings. The van der Waals surface area contributed by atoms with Crippen LogP contribution in [0.25, 0.3) is 21.9 Å². The van der Waals surface area contributed by atoms with Crippen LogP contribution in [-0.4, -0.2) is 0 Å². The van der Waals surface area contributed by atoms with Gasteiger partial charge < -0.3 is 4.42 Å². The zero-order chi connectivity index (χ0) is 17.6. The molecule has 130 valence electrons. The van der Waals surface area contributed by atoms with E-state index in [1.165, 1.54) is 24.8 Å². The summed E-state index contributed by atoms with van der Waals surface area (Å²) in [7, 11) is 0. The summed E-state index contributed by atoms with van der Waals surface area (Å²) < 4.78 is 5.89. The van der Waals surface area contributed by atoms with Crippen LogP contribution >= 0.6 is 0 Å². The molecule has 1 aromatic heterocycles. The molecule has 25 heavy (non-hydrogen) atoms. The second-order valence-corrected chi connectivity index (χ2v) is 6.77. The Morgan fingerprint density at radius 3 is 2.60 bits per heavy atom. The lowest BCUT2D eigenvalue weighted by molar-refractivity contribution is 0.657. The highest BCUT2D eigenvalue weighted by molar-refractivity contribution is 5.89. The second kappa shape index (κ2) is 8.15. The maximum Gasteiger partial charge on any atom is 0.200 e. The highest BCUT2D eigenvalue weighted by Crippen LogP contribution is 2.25. The summed E-state index contributed by atoms with van der Waals surface area (Å²) in [6.07, 6.45) is 10.4. The molecular weight excluding hydrogens is 308 g/mol. The van der Waals surface area contributed by atoms with Gasteiger partial charge in [-0.25, -0.2) is 0 Å². The van der Waals surface area contributed by atoms with Gasteiger partial charge in [0.15, 0.2) is 0 Å². The summed E-state index contributed by atoms with van der Waals surface area (Å²) in [5.41, 5.74) is 2.58. The van der Waals surface area contributed by atoms with Crippen LogP contribution in [0, 0.1) is 0 Å². The first-order valence-electron chi connectivity index (χ1n) is 9.31. The van der Waals surface area contributed by atoms with Gasteiger partial charge in [0.25, 0.3) is 0 Å². The van der Waals surface area contributed by atoms with Crippen LogP contribution in [0.1, 0.15) is 57.4 Å². The first kappa shape index (κ1) is 17.5. The van der Waals surface area contributed by atoms with Crippen LogP contribution in [0.3, 0.4) is 0 Å². The van der Waals surface area contributed by atoms with Crippen molar-refractivity contribution in [3.63, 3.8) is 0 Å². The van der Waals surface area contributed by atoms with E-state index in [9.17, 15) is 4.79 Å². The van der Waals surface area contributed by atoms with Crippen molar-refractivity contribution < 1.29 is 4.42 Å². The number of fused-ring (bicyclic) bond motifs is 2. The second-order valence-electron chi connectivity index (χ2n) is 6.77. The van der Waals surface area contributed by atoms with Crippen molar-refractivity contribution in [2.45, 2.75) is 51.9 Å². The molecule has 2 aromatic carbocycles. The van der Waals surface area contributed by atoms with Crippen LogP contribution in [0.5, 0.6) is 0 Å².